The summed E-state index contributed by atoms with van der Waals surface area (Å²) >= 11 is 0. The van der Waals surface area contributed by atoms with Crippen molar-refractivity contribution in [1.29, 1.82) is 0 Å². The molecule has 2 aliphatic heterocycles. The molecule has 1 aliphatic carbocycles. The second-order valence-corrected chi connectivity index (χ2v) is 14.8. The SMILES string of the molecule is COc1cc(Cc2cnc(N=C3C(=O)N(CN4CCN(c5c(F)cc6c(=O)c(C(=O)O)cn(C7CC7)c6c5OC)CC4C)c4ccc(F)cc43)nc2N)cc(OC)c1OC. The molecule has 3 N–H and O–H groups in total. The number of halogens is 2. The maximum atomic E-state index is 16.1. The third-order valence-corrected chi connectivity index (χ3v) is 11.1. The first-order valence-electron chi connectivity index (χ1n) is 19.1. The number of ether oxygens (including phenoxy) is 4. The van der Waals surface area contributed by atoms with Crippen molar-refractivity contribution in [3.8, 4) is 23.0 Å². The van der Waals surface area contributed by atoms with Crippen molar-refractivity contribution < 1.29 is 42.4 Å². The highest BCUT2D eigenvalue weighted by Crippen LogP contribution is 2.44. The third kappa shape index (κ3) is 7.05. The quantitative estimate of drug-likeness (QED) is 0.172. The lowest BCUT2D eigenvalue weighted by Crippen LogP contribution is -2.55. The van der Waals surface area contributed by atoms with Gasteiger partial charge < -0.3 is 39.3 Å². The lowest BCUT2D eigenvalue weighted by atomic mass is 10.1. The van der Waals surface area contributed by atoms with E-state index in [0.717, 1.165) is 24.5 Å². The summed E-state index contributed by atoms with van der Waals surface area (Å²) in [7, 11) is 5.96. The standard InChI is InChI=1S/C42H42F2N8O8/c1-21-18-49(35-29(44)16-27-34(38(35)60-5)51(25-7-8-25)19-28(36(27)53)41(55)56)10-11-50(21)20-52-30-9-6-24(43)15-26(30)33(40(52)54)47-42-46-17-23(39(45)48-42)12-22-13-31(57-2)37(59-4)32(14-22)58-3/h6,9,13-17,19,21,25H,7-8,10-12,18,20H2,1-5H3,(H,55,56)(H2,45,46,48). The summed E-state index contributed by atoms with van der Waals surface area (Å²) in [4.78, 5) is 57.9. The van der Waals surface area contributed by atoms with Gasteiger partial charge in [-0.15, -0.1) is 0 Å². The van der Waals surface area contributed by atoms with E-state index in [1.165, 1.54) is 63.9 Å². The molecule has 0 radical (unpaired) electrons. The zero-order valence-corrected chi connectivity index (χ0v) is 33.5. The number of pyridine rings is 1. The van der Waals surface area contributed by atoms with Crippen LogP contribution in [-0.4, -0.2) is 103 Å². The van der Waals surface area contributed by atoms with Crippen LogP contribution in [0.2, 0.25) is 0 Å². The Morgan fingerprint density at radius 3 is 2.32 bits per heavy atom. The van der Waals surface area contributed by atoms with Crippen molar-refractivity contribution in [2.24, 2.45) is 4.99 Å². The molecule has 16 nitrogen and oxygen atoms in total. The Kier molecular flexibility index (Phi) is 10.5. The number of hydrogen-bond donors (Lipinski definition) is 2. The van der Waals surface area contributed by atoms with E-state index in [1.807, 2.05) is 16.7 Å². The molecule has 1 atom stereocenters. The number of benzene rings is 3. The molecule has 18 heteroatoms. The predicted octanol–water partition coefficient (Wildman–Crippen LogP) is 4.95. The molecule has 8 rings (SSSR count). The molecule has 1 unspecified atom stereocenters. The van der Waals surface area contributed by atoms with Crippen LogP contribution in [0.1, 0.15) is 52.9 Å². The molecule has 0 spiro atoms. The normalized spacial score (nSPS) is 17.4. The first kappa shape index (κ1) is 40.0. The molecule has 3 aliphatic rings. The fraction of sp³-hybridized carbons (Fsp3) is 0.333. The highest BCUT2D eigenvalue weighted by molar-refractivity contribution is 6.54. The summed E-state index contributed by atoms with van der Waals surface area (Å²) in [5.74, 6) is -1.56. The third-order valence-electron chi connectivity index (χ3n) is 11.1. The number of carboxylic acids is 1. The number of aromatic carboxylic acids is 1. The molecule has 3 aromatic carbocycles. The molecular weight excluding hydrogens is 783 g/mol. The van der Waals surface area contributed by atoms with Gasteiger partial charge in [-0.05, 0) is 61.7 Å². The number of carbonyl (C=O) groups is 2. The second-order valence-electron chi connectivity index (χ2n) is 14.8. The van der Waals surface area contributed by atoms with Crippen LogP contribution < -0.4 is 39.9 Å². The summed E-state index contributed by atoms with van der Waals surface area (Å²) in [6.07, 6.45) is 4.72. The molecule has 1 saturated carbocycles. The van der Waals surface area contributed by atoms with Crippen molar-refractivity contribution in [2.75, 3.05) is 70.3 Å². The van der Waals surface area contributed by atoms with Crippen LogP contribution in [0.25, 0.3) is 10.9 Å². The topological polar surface area (TPSA) is 187 Å². The zero-order valence-electron chi connectivity index (χ0n) is 33.5. The Morgan fingerprint density at radius 1 is 0.983 bits per heavy atom. The second kappa shape index (κ2) is 15.7. The van der Waals surface area contributed by atoms with Gasteiger partial charge in [0, 0.05) is 61.7 Å². The molecule has 1 saturated heterocycles. The van der Waals surface area contributed by atoms with Gasteiger partial charge in [-0.25, -0.2) is 23.6 Å². The van der Waals surface area contributed by atoms with E-state index < -0.39 is 34.5 Å². The Morgan fingerprint density at radius 2 is 1.70 bits per heavy atom. The van der Waals surface area contributed by atoms with E-state index in [4.69, 9.17) is 24.7 Å². The van der Waals surface area contributed by atoms with Gasteiger partial charge in [-0.1, -0.05) is 0 Å². The lowest BCUT2D eigenvalue weighted by molar-refractivity contribution is -0.112. The van der Waals surface area contributed by atoms with Crippen LogP contribution in [0.15, 0.2) is 58.6 Å². The fourth-order valence-corrected chi connectivity index (χ4v) is 8.01. The smallest absolute Gasteiger partial charge is 0.341 e. The van der Waals surface area contributed by atoms with E-state index in [1.54, 1.807) is 16.7 Å². The molecule has 0 bridgehead atoms. The summed E-state index contributed by atoms with van der Waals surface area (Å²) < 4.78 is 54.7. The van der Waals surface area contributed by atoms with E-state index in [0.29, 0.717) is 60.1 Å². The fourth-order valence-electron chi connectivity index (χ4n) is 8.01. The van der Waals surface area contributed by atoms with Gasteiger partial charge in [0.15, 0.2) is 23.1 Å². The molecule has 1 amide bonds. The number of aliphatic imine (C=N–C) groups is 1. The summed E-state index contributed by atoms with van der Waals surface area (Å²) in [6.45, 7) is 3.06. The minimum Gasteiger partial charge on any atom is -0.493 e. The van der Waals surface area contributed by atoms with E-state index in [-0.39, 0.29) is 58.6 Å². The lowest BCUT2D eigenvalue weighted by Gasteiger charge is -2.42. The zero-order chi connectivity index (χ0) is 42.6. The molecule has 4 heterocycles. The molecular formula is C42H42F2N8O8. The van der Waals surface area contributed by atoms with Crippen molar-refractivity contribution >= 4 is 51.6 Å². The Bertz CT molecular complexity index is 2640. The van der Waals surface area contributed by atoms with Crippen molar-refractivity contribution in [2.45, 2.75) is 38.3 Å². The van der Waals surface area contributed by atoms with Crippen molar-refractivity contribution in [3.05, 3.63) is 92.9 Å². The van der Waals surface area contributed by atoms with Gasteiger partial charge in [-0.3, -0.25) is 19.4 Å². The number of fused-ring (bicyclic) bond motifs is 2. The van der Waals surface area contributed by atoms with E-state index >= 15 is 4.39 Å². The largest absolute Gasteiger partial charge is 0.493 e. The minimum absolute atomic E-state index is 0.0412. The highest BCUT2D eigenvalue weighted by Gasteiger charge is 2.39. The van der Waals surface area contributed by atoms with Crippen LogP contribution in [0.3, 0.4) is 0 Å². The monoisotopic (exact) mass is 824 g/mol. The highest BCUT2D eigenvalue weighted by atomic mass is 19.1. The van der Waals surface area contributed by atoms with Crippen molar-refractivity contribution in [1.82, 2.24) is 19.4 Å². The number of amides is 1. The number of nitrogens with two attached hydrogens (primary N) is 1. The first-order chi connectivity index (χ1) is 28.8. The number of nitrogens with zero attached hydrogens (tertiary/aromatic N) is 7. The van der Waals surface area contributed by atoms with Crippen LogP contribution >= 0.6 is 0 Å². The van der Waals surface area contributed by atoms with Crippen LogP contribution in [0.5, 0.6) is 23.0 Å². The number of nitrogen functional groups attached to an aromatic ring is 1. The number of carbonyl (C=O) groups excluding carboxylic acids is 1. The molecule has 60 heavy (non-hydrogen) atoms. The Hall–Kier alpha value is -6.82. The Labute approximate surface area is 342 Å². The average molecular weight is 825 g/mol. The van der Waals surface area contributed by atoms with E-state index in [9.17, 15) is 23.9 Å². The summed E-state index contributed by atoms with van der Waals surface area (Å²) in [6, 6.07) is 8.43. The van der Waals surface area contributed by atoms with Gasteiger partial charge in [0.2, 0.25) is 11.2 Å². The van der Waals surface area contributed by atoms with Crippen molar-refractivity contribution in [3.63, 3.8) is 0 Å². The number of hydrogen-bond acceptors (Lipinski definition) is 13. The number of anilines is 3. The summed E-state index contributed by atoms with van der Waals surface area (Å²) in [5, 5.41) is 9.64. The minimum atomic E-state index is -1.38. The Balaban J connectivity index is 1.04. The predicted molar refractivity (Wildman–Crippen MR) is 219 cm³/mol. The average Bonchev–Trinajstić information content (AvgIpc) is 4.05. The molecule has 5 aromatic rings. The number of aromatic nitrogens is 3. The van der Waals surface area contributed by atoms with Crippen LogP contribution in [0.4, 0.5) is 31.9 Å². The van der Waals surface area contributed by atoms with Gasteiger partial charge in [-0.2, -0.15) is 4.98 Å². The van der Waals surface area contributed by atoms with Gasteiger partial charge >= 0.3 is 5.97 Å². The maximum absolute atomic E-state index is 16.1. The van der Waals surface area contributed by atoms with E-state index in [2.05, 4.69) is 15.0 Å². The molecule has 2 fully saturated rings. The summed E-state index contributed by atoms with van der Waals surface area (Å²) in [5.41, 5.74) is 7.70. The first-order valence-corrected chi connectivity index (χ1v) is 19.1. The number of methoxy groups -OCH3 is 4. The van der Waals surface area contributed by atoms with Gasteiger partial charge in [0.05, 0.1) is 51.7 Å². The van der Waals surface area contributed by atoms with Crippen LogP contribution in [-0.2, 0) is 11.2 Å². The number of rotatable bonds is 12. The molecule has 312 valence electrons. The number of carboxylic acid groups (broad SMARTS) is 1. The maximum Gasteiger partial charge on any atom is 0.341 e. The molecule has 2 aromatic heterocycles. The number of piperazine rings is 1. The van der Waals surface area contributed by atoms with Gasteiger partial charge in [0.1, 0.15) is 28.6 Å². The van der Waals surface area contributed by atoms with Gasteiger partial charge in [0.25, 0.3) is 11.9 Å². The van der Waals surface area contributed by atoms with Crippen LogP contribution in [0, 0.1) is 11.6 Å².